The van der Waals surface area contributed by atoms with E-state index in [4.69, 9.17) is 19.3 Å². The summed E-state index contributed by atoms with van der Waals surface area (Å²) < 4.78 is 157. The monoisotopic (exact) mass is 1680 g/mol. The molecule has 0 unspecified atom stereocenters. The van der Waals surface area contributed by atoms with Gasteiger partial charge in [-0.25, -0.2) is 52.7 Å². The van der Waals surface area contributed by atoms with Crippen LogP contribution in [-0.4, -0.2) is 103 Å². The molecule has 0 aliphatic carbocycles. The molecule has 658 valence electrons. The third-order valence-electron chi connectivity index (χ3n) is 18.2. The highest BCUT2D eigenvalue weighted by atomic mass is 32.2. The van der Waals surface area contributed by atoms with Crippen molar-refractivity contribution in [3.63, 3.8) is 0 Å². The molecule has 1 aliphatic rings. The van der Waals surface area contributed by atoms with Crippen LogP contribution in [0, 0.1) is 52.4 Å². The largest absolute Gasteiger partial charge is 0.508 e. The van der Waals surface area contributed by atoms with Crippen LogP contribution in [0.1, 0.15) is 263 Å². The molecule has 119 heavy (non-hydrogen) atoms. The topological polar surface area (TPSA) is 116 Å². The first-order chi connectivity index (χ1) is 55.7. The number of rotatable bonds is 25. The van der Waals surface area contributed by atoms with Gasteiger partial charge in [-0.3, -0.25) is 14.7 Å². The van der Waals surface area contributed by atoms with Crippen molar-refractivity contribution in [3.8, 4) is 11.5 Å². The molecule has 1 heterocycles. The van der Waals surface area contributed by atoms with Gasteiger partial charge in [0.2, 0.25) is 10.0 Å². The standard InChI is InChI=1S/C15H22FNO.C13H21FN2.C13H20FNO.C11H16FNO2S.C10H13FO.C9H11FO.3C9H11F/c1-12(2)14-7-13(8-15(16)9-14)10-18-11-17-5-3-4-6-17;1-10(2)12-5-11(6-13(14)7-12)8-15-9-16(3)4;1-10(2)12-5-11(6-13(14)7-12)8-16-9-15(3)4;1-8(2)10-4-9(5-11(12)6-10)7-13-16(3,14)15;1-7(2)8-4-9(11)6-10(5-8)12-3;1-6(2)7-3-8(10)5-9(11)4-7;1-7(2)8-3-5-9(10)6-4-8;1-7(2)8-4-3-5-9(10)6-8;1-7(2)8-5-3-4-6-9(8)10/h7-9,12H,3-6,10-11H2,1-2H3;5-7,10,15H,8-9H2,1-4H3;5-7,10H,8-9H2,1-4H3;4-6,8,13H,7H2,1-3H3;4-7H,1-3H3;3-6,11H,1-2H3;3*3-7H,1-2H3. The molecule has 0 atom stereocenters. The second kappa shape index (κ2) is 56.3. The first-order valence-electron chi connectivity index (χ1n) is 40.8. The van der Waals surface area contributed by atoms with Crippen LogP contribution in [0.3, 0.4) is 0 Å². The van der Waals surface area contributed by atoms with Gasteiger partial charge in [0.05, 0.1) is 40.0 Å². The Bertz CT molecular complexity index is 4370. The minimum atomic E-state index is -3.24. The summed E-state index contributed by atoms with van der Waals surface area (Å²) in [5.74, 6) is 1.73. The van der Waals surface area contributed by atoms with Crippen LogP contribution in [0.2, 0.25) is 0 Å². The third kappa shape index (κ3) is 47.4. The summed E-state index contributed by atoms with van der Waals surface area (Å²) in [7, 11) is 6.17. The number of aromatic hydroxyl groups is 1. The summed E-state index contributed by atoms with van der Waals surface area (Å²) in [5, 5.41) is 12.3. The Labute approximate surface area is 708 Å². The molecule has 9 aromatic carbocycles. The van der Waals surface area contributed by atoms with Gasteiger partial charge in [-0.2, -0.15) is 0 Å². The number of methoxy groups -OCH3 is 1. The maximum absolute atomic E-state index is 13.5. The Kier molecular flexibility index (Phi) is 50.4. The lowest BCUT2D eigenvalue weighted by Crippen LogP contribution is -2.27. The normalized spacial score (nSPS) is 11.9. The lowest BCUT2D eigenvalue weighted by molar-refractivity contribution is 0.0311. The van der Waals surface area contributed by atoms with Crippen molar-refractivity contribution in [3.05, 3.63) is 307 Å². The van der Waals surface area contributed by atoms with Gasteiger partial charge < -0.3 is 24.6 Å². The zero-order valence-electron chi connectivity index (χ0n) is 74.9. The fraction of sp³-hybridized carbons (Fsp3) is 0.449. The summed E-state index contributed by atoms with van der Waals surface area (Å²) >= 11 is 0. The van der Waals surface area contributed by atoms with Crippen LogP contribution in [-0.2, 0) is 45.8 Å². The van der Waals surface area contributed by atoms with Crippen LogP contribution in [0.15, 0.2) is 182 Å². The van der Waals surface area contributed by atoms with Crippen molar-refractivity contribution >= 4 is 10.0 Å². The molecule has 0 bridgehead atoms. The fourth-order valence-corrected chi connectivity index (χ4v) is 11.6. The van der Waals surface area contributed by atoms with E-state index in [0.29, 0.717) is 80.0 Å². The zero-order chi connectivity index (χ0) is 89.8. The SMILES string of the molecule is CC(C)c1cc(F)cc(CNCN(C)C)c1.CC(C)c1cc(F)cc(CNS(C)(=O)=O)c1.CC(C)c1cc(F)cc(COCN(C)C)c1.CC(C)c1cc(F)cc(COCN2CCCC2)c1.CC(C)c1cc(O)cc(F)c1.CC(C)c1ccc(F)cc1.CC(C)c1cccc(F)c1.CC(C)c1ccccc1F.COc1cc(F)cc(C(C)C)c1. The highest BCUT2D eigenvalue weighted by molar-refractivity contribution is 7.88. The molecule has 0 amide bonds. The number of halogens is 9. The van der Waals surface area contributed by atoms with E-state index in [2.05, 4.69) is 90.2 Å². The molecule has 21 heteroatoms. The van der Waals surface area contributed by atoms with Gasteiger partial charge in [0.1, 0.15) is 63.9 Å². The van der Waals surface area contributed by atoms with Crippen molar-refractivity contribution in [1.29, 1.82) is 0 Å². The van der Waals surface area contributed by atoms with E-state index in [1.54, 1.807) is 61.7 Å². The summed E-state index contributed by atoms with van der Waals surface area (Å²) in [4.78, 5) is 6.27. The molecule has 1 aliphatic heterocycles. The predicted octanol–water partition coefficient (Wildman–Crippen LogP) is 25.5. The van der Waals surface area contributed by atoms with Gasteiger partial charge in [-0.1, -0.05) is 191 Å². The molecule has 1 saturated heterocycles. The van der Waals surface area contributed by atoms with E-state index >= 15 is 0 Å². The third-order valence-corrected chi connectivity index (χ3v) is 18.9. The number of ether oxygens (including phenoxy) is 3. The Balaban J connectivity index is 0.000000457. The minimum Gasteiger partial charge on any atom is -0.508 e. The molecular formula is C98H136F9N5O6S. The van der Waals surface area contributed by atoms with Gasteiger partial charge in [-0.05, 0) is 270 Å². The van der Waals surface area contributed by atoms with Crippen molar-refractivity contribution in [1.82, 2.24) is 24.7 Å². The van der Waals surface area contributed by atoms with Gasteiger partial charge >= 0.3 is 0 Å². The molecule has 10 rings (SSSR count). The molecular weight excluding hydrogens is 1550 g/mol. The number of hydrogen-bond donors (Lipinski definition) is 3. The molecule has 9 aromatic rings. The summed E-state index contributed by atoms with van der Waals surface area (Å²) in [6.07, 6.45) is 3.61. The summed E-state index contributed by atoms with van der Waals surface area (Å²) in [6, 6.07) is 49.3. The maximum Gasteiger partial charge on any atom is 0.209 e. The second-order valence-corrected chi connectivity index (χ2v) is 34.7. The Morgan fingerprint density at radius 3 is 1.15 bits per heavy atom. The van der Waals surface area contributed by atoms with E-state index in [1.807, 2.05) is 148 Å². The molecule has 3 N–H and O–H groups in total. The molecule has 1 fully saturated rings. The van der Waals surface area contributed by atoms with Crippen molar-refractivity contribution in [2.24, 2.45) is 0 Å². The quantitative estimate of drug-likeness (QED) is 0.0377. The molecule has 0 spiro atoms. The smallest absolute Gasteiger partial charge is 0.209 e. The fourth-order valence-electron chi connectivity index (χ4n) is 11.2. The molecule has 0 aromatic heterocycles. The minimum absolute atomic E-state index is 0.00583. The van der Waals surface area contributed by atoms with Crippen LogP contribution in [0.25, 0.3) is 0 Å². The van der Waals surface area contributed by atoms with E-state index in [-0.39, 0.29) is 82.4 Å². The highest BCUT2D eigenvalue weighted by Crippen LogP contribution is 2.27. The first kappa shape index (κ1) is 107. The average molecular weight is 1680 g/mol. The van der Waals surface area contributed by atoms with Crippen molar-refractivity contribution in [2.45, 2.75) is 217 Å². The van der Waals surface area contributed by atoms with E-state index in [9.17, 15) is 47.9 Å². The first-order valence-corrected chi connectivity index (χ1v) is 42.7. The molecule has 11 nitrogen and oxygen atoms in total. The lowest BCUT2D eigenvalue weighted by atomic mass is 10.0. The van der Waals surface area contributed by atoms with Crippen molar-refractivity contribution in [2.75, 3.05) is 74.8 Å². The second-order valence-electron chi connectivity index (χ2n) is 32.9. The van der Waals surface area contributed by atoms with E-state index in [1.165, 1.54) is 79.1 Å². The van der Waals surface area contributed by atoms with Gasteiger partial charge in [-0.15, -0.1) is 0 Å². The van der Waals surface area contributed by atoms with Crippen LogP contribution < -0.4 is 14.8 Å². The highest BCUT2D eigenvalue weighted by Gasteiger charge is 2.14. The number of hydrogen-bond acceptors (Lipinski definition) is 10. The van der Waals surface area contributed by atoms with Gasteiger partial charge in [0.25, 0.3) is 0 Å². The Morgan fingerprint density at radius 2 is 0.773 bits per heavy atom. The zero-order valence-corrected chi connectivity index (χ0v) is 75.8. The van der Waals surface area contributed by atoms with Gasteiger partial charge in [0, 0.05) is 45.0 Å². The number of sulfonamides is 1. The van der Waals surface area contributed by atoms with Crippen LogP contribution in [0.5, 0.6) is 11.5 Å². The number of benzene rings is 9. The molecule has 0 radical (unpaired) electrons. The van der Waals surface area contributed by atoms with E-state index in [0.717, 1.165) is 93.3 Å². The number of phenolic OH excluding ortho intramolecular Hbond substituents is 1. The summed E-state index contributed by atoms with van der Waals surface area (Å²) in [6.45, 7) is 42.6. The van der Waals surface area contributed by atoms with E-state index < -0.39 is 10.0 Å². The van der Waals surface area contributed by atoms with Gasteiger partial charge in [0.15, 0.2) is 0 Å². The lowest BCUT2D eigenvalue weighted by Gasteiger charge is -2.15. The summed E-state index contributed by atoms with van der Waals surface area (Å²) in [5.41, 5.74) is 12.3. The number of nitrogens with one attached hydrogen (secondary N) is 2. The van der Waals surface area contributed by atoms with Crippen LogP contribution >= 0.6 is 0 Å². The Morgan fingerprint density at radius 1 is 0.387 bits per heavy atom. The van der Waals surface area contributed by atoms with Crippen LogP contribution in [0.4, 0.5) is 39.5 Å². The number of phenols is 1. The average Bonchev–Trinajstić information content (AvgIpc) is 0.942. The maximum atomic E-state index is 13.5. The molecule has 0 saturated carbocycles. The predicted molar refractivity (Wildman–Crippen MR) is 474 cm³/mol. The number of nitrogens with zero attached hydrogens (tertiary/aromatic N) is 3. The van der Waals surface area contributed by atoms with Crippen molar-refractivity contribution < 1.29 is 67.2 Å². The number of likely N-dealkylation sites (tertiary alicyclic amines) is 1. The Hall–Kier alpha value is -8.38.